The molecule has 1 N–H and O–H groups in total. The van der Waals surface area contributed by atoms with E-state index in [1.165, 1.54) is 16.9 Å². The molecule has 5 nitrogen and oxygen atoms in total. The highest BCUT2D eigenvalue weighted by atomic mass is 32.1. The molecule has 0 fully saturated rings. The summed E-state index contributed by atoms with van der Waals surface area (Å²) in [5.74, 6) is -0.498. The number of amides is 1. The lowest BCUT2D eigenvalue weighted by molar-refractivity contribution is -0.115. The van der Waals surface area contributed by atoms with E-state index in [-0.39, 0.29) is 24.9 Å². The number of thiazole rings is 1. The lowest BCUT2D eigenvalue weighted by atomic mass is 10.1. The van der Waals surface area contributed by atoms with E-state index in [2.05, 4.69) is 17.2 Å². The third kappa shape index (κ3) is 5.74. The molecule has 6 heteroatoms. The van der Waals surface area contributed by atoms with Crippen LogP contribution in [0, 0.1) is 13.8 Å². The van der Waals surface area contributed by atoms with Gasteiger partial charge in [-0.05, 0) is 55.2 Å². The van der Waals surface area contributed by atoms with Gasteiger partial charge in [0.15, 0.2) is 0 Å². The summed E-state index contributed by atoms with van der Waals surface area (Å²) in [6.07, 6.45) is 1.11. The maximum Gasteiger partial charge on any atom is 0.338 e. The second-order valence-electron chi connectivity index (χ2n) is 6.90. The van der Waals surface area contributed by atoms with Gasteiger partial charge in [0.25, 0.3) is 0 Å². The van der Waals surface area contributed by atoms with E-state index in [0.29, 0.717) is 16.3 Å². The number of rotatable bonds is 7. The van der Waals surface area contributed by atoms with Crippen molar-refractivity contribution in [2.24, 2.45) is 0 Å². The largest absolute Gasteiger partial charge is 0.456 e. The van der Waals surface area contributed by atoms with Crippen LogP contribution in [0.15, 0.2) is 47.8 Å². The minimum absolute atomic E-state index is 0.0868. The minimum Gasteiger partial charge on any atom is -0.456 e. The number of benzene rings is 2. The second-order valence-corrected chi connectivity index (χ2v) is 7.85. The summed E-state index contributed by atoms with van der Waals surface area (Å²) in [5.41, 5.74) is 5.25. The molecule has 0 radical (unpaired) electrons. The zero-order chi connectivity index (χ0) is 20.8. The second kappa shape index (κ2) is 9.47. The molecule has 0 spiro atoms. The maximum absolute atomic E-state index is 12.3. The average molecular weight is 409 g/mol. The first-order valence-corrected chi connectivity index (χ1v) is 10.4. The Morgan fingerprint density at radius 2 is 1.86 bits per heavy atom. The monoisotopic (exact) mass is 408 g/mol. The molecule has 0 aliphatic rings. The van der Waals surface area contributed by atoms with Crippen LogP contribution in [0.1, 0.15) is 44.7 Å². The van der Waals surface area contributed by atoms with Gasteiger partial charge in [-0.1, -0.05) is 31.2 Å². The molecule has 2 aromatic carbocycles. The highest BCUT2D eigenvalue weighted by Gasteiger charge is 2.12. The van der Waals surface area contributed by atoms with Crippen LogP contribution in [0.4, 0.5) is 5.69 Å². The molecule has 0 saturated heterocycles. The average Bonchev–Trinajstić information content (AvgIpc) is 3.16. The number of carbonyl (C=O) groups excluding carboxylic acids is 2. The Balaban J connectivity index is 1.52. The third-order valence-electron chi connectivity index (χ3n) is 4.53. The number of hydrogen-bond acceptors (Lipinski definition) is 5. The number of nitrogens with one attached hydrogen (secondary N) is 1. The molecule has 0 bridgehead atoms. The predicted molar refractivity (Wildman–Crippen MR) is 115 cm³/mol. The van der Waals surface area contributed by atoms with Gasteiger partial charge >= 0.3 is 5.97 Å². The fourth-order valence-electron chi connectivity index (χ4n) is 2.80. The molecule has 1 amide bonds. The minimum atomic E-state index is -0.380. The van der Waals surface area contributed by atoms with Crippen molar-refractivity contribution in [1.82, 2.24) is 4.98 Å². The van der Waals surface area contributed by atoms with Gasteiger partial charge in [-0.25, -0.2) is 9.78 Å². The summed E-state index contributed by atoms with van der Waals surface area (Å²) in [6, 6.07) is 13.3. The topological polar surface area (TPSA) is 68.3 Å². The third-order valence-corrected chi connectivity index (χ3v) is 5.42. The van der Waals surface area contributed by atoms with Crippen molar-refractivity contribution in [1.29, 1.82) is 0 Å². The Morgan fingerprint density at radius 3 is 2.59 bits per heavy atom. The van der Waals surface area contributed by atoms with Gasteiger partial charge in [0, 0.05) is 11.1 Å². The van der Waals surface area contributed by atoms with Crippen LogP contribution in [0.5, 0.6) is 0 Å². The Bertz CT molecular complexity index is 1010. The zero-order valence-electron chi connectivity index (χ0n) is 16.8. The summed E-state index contributed by atoms with van der Waals surface area (Å²) in [5, 5.41) is 5.43. The van der Waals surface area contributed by atoms with Gasteiger partial charge in [0.05, 0.1) is 17.7 Å². The fraction of sp³-hybridized carbons (Fsp3) is 0.261. The number of hydrogen-bond donors (Lipinski definition) is 1. The van der Waals surface area contributed by atoms with E-state index in [4.69, 9.17) is 4.74 Å². The number of nitrogens with zero attached hydrogens (tertiary/aromatic N) is 1. The van der Waals surface area contributed by atoms with Crippen LogP contribution in [-0.2, 0) is 29.0 Å². The maximum atomic E-state index is 12.3. The fourth-order valence-corrected chi connectivity index (χ4v) is 3.58. The van der Waals surface area contributed by atoms with Crippen molar-refractivity contribution in [2.75, 3.05) is 5.32 Å². The molecule has 0 aliphatic heterocycles. The van der Waals surface area contributed by atoms with Crippen molar-refractivity contribution in [2.45, 2.75) is 40.2 Å². The molecule has 3 rings (SSSR count). The lowest BCUT2D eigenvalue weighted by Gasteiger charge is -2.08. The molecule has 1 aromatic heterocycles. The molecule has 0 unspecified atom stereocenters. The summed E-state index contributed by atoms with van der Waals surface area (Å²) >= 11 is 1.38. The van der Waals surface area contributed by atoms with E-state index in [9.17, 15) is 9.59 Å². The highest BCUT2D eigenvalue weighted by Crippen LogP contribution is 2.18. The van der Waals surface area contributed by atoms with Crippen molar-refractivity contribution in [3.8, 4) is 0 Å². The summed E-state index contributed by atoms with van der Waals surface area (Å²) in [6.45, 7) is 6.10. The number of aryl methyl sites for hydroxylation is 3. The van der Waals surface area contributed by atoms with Gasteiger partial charge in [-0.15, -0.1) is 11.3 Å². The Labute approximate surface area is 174 Å². The van der Waals surface area contributed by atoms with Crippen molar-refractivity contribution in [3.63, 3.8) is 0 Å². The van der Waals surface area contributed by atoms with Crippen LogP contribution in [-0.4, -0.2) is 16.9 Å². The van der Waals surface area contributed by atoms with E-state index < -0.39 is 0 Å². The van der Waals surface area contributed by atoms with Gasteiger partial charge in [-0.3, -0.25) is 4.79 Å². The van der Waals surface area contributed by atoms with E-state index in [1.807, 2.05) is 49.6 Å². The predicted octanol–water partition coefficient (Wildman–Crippen LogP) is 4.86. The smallest absolute Gasteiger partial charge is 0.338 e. The SMILES string of the molecule is CCc1ccc(C(=O)OCc2csc(CC(=O)Nc3cc(C)ccc3C)n2)cc1. The molecule has 0 aliphatic carbocycles. The Hall–Kier alpha value is -2.99. The zero-order valence-corrected chi connectivity index (χ0v) is 17.6. The molecular weight excluding hydrogens is 384 g/mol. The first kappa shape index (κ1) is 20.7. The Kier molecular flexibility index (Phi) is 6.77. The standard InChI is InChI=1S/C23H24N2O3S/c1-4-17-7-9-18(10-8-17)23(27)28-13-19-14-29-22(24-19)12-21(26)25-20-11-15(2)5-6-16(20)3/h5-11,14H,4,12-13H2,1-3H3,(H,25,26). The first-order valence-electron chi connectivity index (χ1n) is 9.51. The molecule has 1 heterocycles. The lowest BCUT2D eigenvalue weighted by Crippen LogP contribution is -2.15. The van der Waals surface area contributed by atoms with Crippen LogP contribution in [0.25, 0.3) is 0 Å². The normalized spacial score (nSPS) is 10.6. The van der Waals surface area contributed by atoms with Crippen LogP contribution in [0.3, 0.4) is 0 Å². The molecule has 0 atom stereocenters. The van der Waals surface area contributed by atoms with Crippen LogP contribution < -0.4 is 5.32 Å². The number of esters is 1. The van der Waals surface area contributed by atoms with Gasteiger partial charge in [0.2, 0.25) is 5.91 Å². The molecular formula is C23H24N2O3S. The van der Waals surface area contributed by atoms with Gasteiger partial charge < -0.3 is 10.1 Å². The Morgan fingerprint density at radius 1 is 1.10 bits per heavy atom. The molecule has 29 heavy (non-hydrogen) atoms. The molecule has 0 saturated carbocycles. The summed E-state index contributed by atoms with van der Waals surface area (Å²) in [4.78, 5) is 28.9. The van der Waals surface area contributed by atoms with E-state index in [1.54, 1.807) is 12.1 Å². The van der Waals surface area contributed by atoms with Crippen molar-refractivity contribution in [3.05, 3.63) is 80.8 Å². The quantitative estimate of drug-likeness (QED) is 0.567. The summed E-state index contributed by atoms with van der Waals surface area (Å²) < 4.78 is 5.34. The van der Waals surface area contributed by atoms with Gasteiger partial charge in [0.1, 0.15) is 11.6 Å². The van der Waals surface area contributed by atoms with E-state index in [0.717, 1.165) is 23.2 Å². The van der Waals surface area contributed by atoms with Crippen LogP contribution in [0.2, 0.25) is 0 Å². The van der Waals surface area contributed by atoms with Crippen LogP contribution >= 0.6 is 11.3 Å². The van der Waals surface area contributed by atoms with Gasteiger partial charge in [-0.2, -0.15) is 0 Å². The molecule has 3 aromatic rings. The molecule has 150 valence electrons. The highest BCUT2D eigenvalue weighted by molar-refractivity contribution is 7.09. The van der Waals surface area contributed by atoms with Crippen molar-refractivity contribution < 1.29 is 14.3 Å². The van der Waals surface area contributed by atoms with E-state index >= 15 is 0 Å². The number of anilines is 1. The summed E-state index contributed by atoms with van der Waals surface area (Å²) in [7, 11) is 0. The number of aromatic nitrogens is 1. The first-order chi connectivity index (χ1) is 13.9. The van der Waals surface area contributed by atoms with Crippen molar-refractivity contribution >= 4 is 28.9 Å². The number of ether oxygens (including phenoxy) is 1. The number of carbonyl (C=O) groups is 2.